The van der Waals surface area contributed by atoms with Crippen molar-refractivity contribution in [2.75, 3.05) is 38.0 Å². The Morgan fingerprint density at radius 2 is 1.63 bits per heavy atom. The summed E-state index contributed by atoms with van der Waals surface area (Å²) in [6, 6.07) is 17.4. The van der Waals surface area contributed by atoms with E-state index in [1.54, 1.807) is 6.33 Å². The van der Waals surface area contributed by atoms with Crippen molar-refractivity contribution < 1.29 is 9.59 Å². The second-order valence-electron chi connectivity index (χ2n) is 13.6. The fourth-order valence-electron chi connectivity index (χ4n) is 7.98. The van der Waals surface area contributed by atoms with E-state index in [0.29, 0.717) is 23.9 Å². The molecule has 2 aliphatic heterocycles. The second kappa shape index (κ2) is 15.5. The fraction of sp³-hybridized carbons (Fsp3) is 0.556. The Hall–Kier alpha value is -3.27. The Morgan fingerprint density at radius 1 is 0.913 bits per heavy atom. The van der Waals surface area contributed by atoms with Crippen LogP contribution in [0.25, 0.3) is 0 Å². The summed E-state index contributed by atoms with van der Waals surface area (Å²) in [5, 5.41) is 11.9. The van der Waals surface area contributed by atoms with Gasteiger partial charge in [0.25, 0.3) is 0 Å². The third-order valence-corrected chi connectivity index (χ3v) is 10.8. The van der Waals surface area contributed by atoms with Gasteiger partial charge in [-0.25, -0.2) is 4.98 Å². The molecule has 1 saturated carbocycles. The molecule has 2 amide bonds. The fourth-order valence-corrected chi connectivity index (χ4v) is 8.11. The van der Waals surface area contributed by atoms with E-state index in [1.807, 2.05) is 65.6 Å². The van der Waals surface area contributed by atoms with Crippen LogP contribution in [0, 0.1) is 11.3 Å². The van der Waals surface area contributed by atoms with Gasteiger partial charge in [-0.3, -0.25) is 19.2 Å². The van der Waals surface area contributed by atoms with Crippen molar-refractivity contribution in [1.29, 1.82) is 0 Å². The molecule has 2 saturated heterocycles. The first-order chi connectivity index (χ1) is 22.5. The van der Waals surface area contributed by atoms with Gasteiger partial charge >= 0.3 is 0 Å². The van der Waals surface area contributed by atoms with E-state index in [1.165, 1.54) is 32.1 Å². The van der Waals surface area contributed by atoms with E-state index in [9.17, 15) is 9.59 Å². The number of nitrogens with one attached hydrogen (secondary N) is 2. The van der Waals surface area contributed by atoms with Gasteiger partial charge in [0, 0.05) is 49.5 Å². The summed E-state index contributed by atoms with van der Waals surface area (Å²) in [6.07, 6.45) is 14.4. The van der Waals surface area contributed by atoms with E-state index in [-0.39, 0.29) is 29.3 Å². The first kappa shape index (κ1) is 32.7. The highest BCUT2D eigenvalue weighted by Crippen LogP contribution is 2.47. The molecule has 2 N–H and O–H groups in total. The number of aromatic nitrogens is 3. The van der Waals surface area contributed by atoms with Crippen molar-refractivity contribution in [3.63, 3.8) is 0 Å². The molecule has 9 nitrogen and oxygen atoms in total. The maximum Gasteiger partial charge on any atom is 0.240 e. The predicted molar refractivity (Wildman–Crippen MR) is 181 cm³/mol. The van der Waals surface area contributed by atoms with E-state index in [2.05, 4.69) is 30.5 Å². The molecule has 2 aromatic carbocycles. The number of piperidine rings is 2. The zero-order chi connectivity index (χ0) is 31.8. The van der Waals surface area contributed by atoms with Crippen molar-refractivity contribution in [2.45, 2.75) is 82.8 Å². The van der Waals surface area contributed by atoms with Crippen LogP contribution in [-0.2, 0) is 22.6 Å². The van der Waals surface area contributed by atoms with E-state index >= 15 is 0 Å². The van der Waals surface area contributed by atoms with Gasteiger partial charge in [-0.05, 0) is 86.1 Å². The third-order valence-electron chi connectivity index (χ3n) is 10.6. The Kier molecular flexibility index (Phi) is 11.0. The molecule has 0 unspecified atom stereocenters. The second-order valence-corrected chi connectivity index (χ2v) is 14.1. The zero-order valence-electron chi connectivity index (χ0n) is 26.8. The topological polar surface area (TPSA) is 95.4 Å². The number of anilines is 1. The Labute approximate surface area is 278 Å². The molecule has 1 aromatic heterocycles. The molecular weight excluding hydrogens is 598 g/mol. The van der Waals surface area contributed by atoms with Gasteiger partial charge in [0.1, 0.15) is 12.7 Å². The number of carbonyl (C=O) groups excluding carboxylic acids is 2. The number of nitrogens with zero attached hydrogens (tertiary/aromatic N) is 5. The van der Waals surface area contributed by atoms with Gasteiger partial charge in [0.05, 0.1) is 12.6 Å². The quantitative estimate of drug-likeness (QED) is 0.289. The SMILES string of the molecule is O=C(CN1CCC(N[C@H](Cc2ccc(Cl)cc2)C(=O)N2CCC(Cn3cncn3)(C3CCCCC3)CC2)CC1)Nc1ccccc1. The highest BCUT2D eigenvalue weighted by Gasteiger charge is 2.44. The standard InChI is InChI=1S/C36H48ClN7O2/c37-30-13-11-28(12-14-30)23-33(40-32-15-19-42(20-16-32)24-34(45)41-31-9-5-2-6-10-31)35(46)43-21-17-36(18-22-43,25-44-27-38-26-39-44)29-7-3-1-4-8-29/h2,5-6,9-14,26-27,29,32-33,40H,1,3-4,7-8,15-25H2,(H,41,45)/t33-/m1/s1. The number of hydrogen-bond acceptors (Lipinski definition) is 6. The number of para-hydroxylation sites is 1. The van der Waals surface area contributed by atoms with Crippen LogP contribution >= 0.6 is 11.6 Å². The lowest BCUT2D eigenvalue weighted by atomic mass is 9.63. The first-order valence-electron chi connectivity index (χ1n) is 17.1. The monoisotopic (exact) mass is 645 g/mol. The lowest BCUT2D eigenvalue weighted by molar-refractivity contribution is -0.137. The van der Waals surface area contributed by atoms with Gasteiger partial charge in [0.2, 0.25) is 11.8 Å². The number of halogens is 1. The van der Waals surface area contributed by atoms with Crippen LogP contribution in [0.2, 0.25) is 5.02 Å². The zero-order valence-corrected chi connectivity index (χ0v) is 27.6. The number of carbonyl (C=O) groups is 2. The molecular formula is C36H48ClN7O2. The first-order valence-corrected chi connectivity index (χ1v) is 17.5. The maximum absolute atomic E-state index is 14.3. The van der Waals surface area contributed by atoms with E-state index in [0.717, 1.165) is 69.7 Å². The van der Waals surface area contributed by atoms with Gasteiger partial charge in [0.15, 0.2) is 0 Å². The van der Waals surface area contributed by atoms with Gasteiger partial charge in [-0.1, -0.05) is 61.2 Å². The van der Waals surface area contributed by atoms with Crippen molar-refractivity contribution in [2.24, 2.45) is 11.3 Å². The maximum atomic E-state index is 14.3. The molecule has 3 aliphatic rings. The molecule has 0 spiro atoms. The average molecular weight is 646 g/mol. The summed E-state index contributed by atoms with van der Waals surface area (Å²) in [4.78, 5) is 35.4. The summed E-state index contributed by atoms with van der Waals surface area (Å²) in [5.41, 5.74) is 2.08. The Morgan fingerprint density at radius 3 is 2.30 bits per heavy atom. The van der Waals surface area contributed by atoms with Crippen LogP contribution in [0.4, 0.5) is 5.69 Å². The summed E-state index contributed by atoms with van der Waals surface area (Å²) < 4.78 is 2.01. The van der Waals surface area contributed by atoms with Gasteiger partial charge in [-0.15, -0.1) is 0 Å². The lowest BCUT2D eigenvalue weighted by Crippen LogP contribution is -2.56. The summed E-state index contributed by atoms with van der Waals surface area (Å²) in [5.74, 6) is 0.870. The van der Waals surface area contributed by atoms with Crippen molar-refractivity contribution in [3.8, 4) is 0 Å². The number of rotatable bonds is 11. The molecule has 3 fully saturated rings. The number of amides is 2. The summed E-state index contributed by atoms with van der Waals surface area (Å²) in [6.45, 7) is 4.44. The predicted octanol–water partition coefficient (Wildman–Crippen LogP) is 5.42. The molecule has 0 radical (unpaired) electrons. The van der Waals surface area contributed by atoms with Crippen LogP contribution in [0.5, 0.6) is 0 Å². The largest absolute Gasteiger partial charge is 0.341 e. The average Bonchev–Trinajstić information content (AvgIpc) is 3.60. The lowest BCUT2D eigenvalue weighted by Gasteiger charge is -2.48. The molecule has 3 heterocycles. The van der Waals surface area contributed by atoms with E-state index in [4.69, 9.17) is 11.6 Å². The minimum atomic E-state index is -0.309. The van der Waals surface area contributed by atoms with Crippen molar-refractivity contribution >= 4 is 29.1 Å². The summed E-state index contributed by atoms with van der Waals surface area (Å²) >= 11 is 6.19. The van der Waals surface area contributed by atoms with E-state index < -0.39 is 0 Å². The van der Waals surface area contributed by atoms with Crippen molar-refractivity contribution in [3.05, 3.63) is 77.8 Å². The van der Waals surface area contributed by atoms with Gasteiger partial charge < -0.3 is 15.5 Å². The minimum Gasteiger partial charge on any atom is -0.341 e. The molecule has 6 rings (SSSR count). The molecule has 1 atom stereocenters. The van der Waals surface area contributed by atoms with Crippen LogP contribution in [0.15, 0.2) is 67.3 Å². The Balaban J connectivity index is 1.08. The van der Waals surface area contributed by atoms with Crippen molar-refractivity contribution in [1.82, 2.24) is 29.9 Å². The molecule has 46 heavy (non-hydrogen) atoms. The molecule has 0 bridgehead atoms. The molecule has 246 valence electrons. The molecule has 1 aliphatic carbocycles. The smallest absolute Gasteiger partial charge is 0.240 e. The molecule has 10 heteroatoms. The highest BCUT2D eigenvalue weighted by atomic mass is 35.5. The number of benzene rings is 2. The Bertz CT molecular complexity index is 1380. The van der Waals surface area contributed by atoms with Crippen LogP contribution in [0.1, 0.15) is 63.4 Å². The van der Waals surface area contributed by atoms with Crippen LogP contribution < -0.4 is 10.6 Å². The van der Waals surface area contributed by atoms with Gasteiger partial charge in [-0.2, -0.15) is 5.10 Å². The number of likely N-dealkylation sites (tertiary alicyclic amines) is 2. The normalized spacial score (nSPS) is 20.3. The highest BCUT2D eigenvalue weighted by molar-refractivity contribution is 6.30. The van der Waals surface area contributed by atoms with Crippen LogP contribution in [-0.4, -0.2) is 81.2 Å². The minimum absolute atomic E-state index is 0.00613. The molecule has 3 aromatic rings. The third kappa shape index (κ3) is 8.55. The van der Waals surface area contributed by atoms with Crippen LogP contribution in [0.3, 0.4) is 0 Å². The summed E-state index contributed by atoms with van der Waals surface area (Å²) in [7, 11) is 0. The number of hydrogen-bond donors (Lipinski definition) is 2.